The van der Waals surface area contributed by atoms with Gasteiger partial charge in [-0.25, -0.2) is 8.42 Å². The molecule has 0 unspecified atom stereocenters. The van der Waals surface area contributed by atoms with E-state index in [1.165, 1.54) is 4.31 Å². The number of nitrogens with one attached hydrogen (secondary N) is 1. The number of nitrogens with zero attached hydrogens (tertiary/aromatic N) is 2. The van der Waals surface area contributed by atoms with Gasteiger partial charge in [-0.15, -0.1) is 0 Å². The number of pyridine rings is 1. The van der Waals surface area contributed by atoms with Crippen molar-refractivity contribution in [1.82, 2.24) is 4.98 Å². The lowest BCUT2D eigenvalue weighted by atomic mass is 10.1. The average Bonchev–Trinajstić information content (AvgIpc) is 2.89. The van der Waals surface area contributed by atoms with Crippen LogP contribution in [0.4, 0.5) is 11.4 Å². The van der Waals surface area contributed by atoms with Crippen LogP contribution in [0, 0.1) is 0 Å². The molecule has 0 aliphatic heterocycles. The van der Waals surface area contributed by atoms with Gasteiger partial charge in [-0.2, -0.15) is 0 Å². The monoisotopic (exact) mass is 515 g/mol. The number of anilines is 2. The molecule has 0 atom stereocenters. The van der Waals surface area contributed by atoms with Crippen LogP contribution in [0.15, 0.2) is 103 Å². The summed E-state index contributed by atoms with van der Waals surface area (Å²) in [6, 6.07) is 27.8. The molecule has 0 spiro atoms. The maximum atomic E-state index is 12.6. The standard InChI is InChI=1S/C29H29N3O4S/c1-37(34,35)32(27-10-5-6-11-28(27)36-26-8-3-2-4-9-26)21-7-12-29(33)31-25-15-13-23(14-16-25)22-24-17-19-30-20-18-24/h2-6,8-11,13-20H,7,12,21-22H2,1H3,(H,31,33). The summed E-state index contributed by atoms with van der Waals surface area (Å²) in [7, 11) is -3.60. The Bertz CT molecular complexity index is 1410. The van der Waals surface area contributed by atoms with E-state index in [1.54, 1.807) is 48.8 Å². The minimum atomic E-state index is -3.60. The van der Waals surface area contributed by atoms with E-state index in [9.17, 15) is 13.2 Å². The summed E-state index contributed by atoms with van der Waals surface area (Å²) in [4.78, 5) is 16.6. The molecule has 0 aliphatic rings. The Balaban J connectivity index is 1.35. The maximum Gasteiger partial charge on any atom is 0.232 e. The van der Waals surface area contributed by atoms with Gasteiger partial charge in [0.2, 0.25) is 15.9 Å². The van der Waals surface area contributed by atoms with E-state index >= 15 is 0 Å². The second-order valence-corrected chi connectivity index (χ2v) is 10.5. The zero-order valence-corrected chi connectivity index (χ0v) is 21.4. The highest BCUT2D eigenvalue weighted by molar-refractivity contribution is 7.92. The third-order valence-corrected chi connectivity index (χ3v) is 6.85. The van der Waals surface area contributed by atoms with Crippen molar-refractivity contribution in [2.24, 2.45) is 0 Å². The minimum Gasteiger partial charge on any atom is -0.455 e. The van der Waals surface area contributed by atoms with Gasteiger partial charge >= 0.3 is 0 Å². The number of carbonyl (C=O) groups excluding carboxylic acids is 1. The molecule has 0 bridgehead atoms. The number of sulfonamides is 1. The Morgan fingerprint density at radius 2 is 1.51 bits per heavy atom. The SMILES string of the molecule is CS(=O)(=O)N(CCCC(=O)Nc1ccc(Cc2ccncc2)cc1)c1ccccc1Oc1ccccc1. The summed E-state index contributed by atoms with van der Waals surface area (Å²) < 4.78 is 32.5. The molecule has 37 heavy (non-hydrogen) atoms. The van der Waals surface area contributed by atoms with Crippen molar-refractivity contribution in [2.75, 3.05) is 22.4 Å². The highest BCUT2D eigenvalue weighted by Gasteiger charge is 2.21. The molecule has 4 aromatic rings. The summed E-state index contributed by atoms with van der Waals surface area (Å²) in [6.07, 6.45) is 5.99. The topological polar surface area (TPSA) is 88.6 Å². The largest absolute Gasteiger partial charge is 0.455 e. The first-order valence-corrected chi connectivity index (χ1v) is 13.8. The first kappa shape index (κ1) is 25.9. The molecule has 190 valence electrons. The average molecular weight is 516 g/mol. The molecule has 0 saturated heterocycles. The van der Waals surface area contributed by atoms with Crippen molar-refractivity contribution in [3.05, 3.63) is 115 Å². The Kier molecular flexibility index (Phi) is 8.53. The number of carbonyl (C=O) groups is 1. The highest BCUT2D eigenvalue weighted by atomic mass is 32.2. The molecule has 1 heterocycles. The van der Waals surface area contributed by atoms with Gasteiger partial charge in [0.05, 0.1) is 11.9 Å². The van der Waals surface area contributed by atoms with E-state index in [0.29, 0.717) is 29.3 Å². The van der Waals surface area contributed by atoms with Crippen molar-refractivity contribution in [3.8, 4) is 11.5 Å². The van der Waals surface area contributed by atoms with Crippen LogP contribution in [0.5, 0.6) is 11.5 Å². The fraction of sp³-hybridized carbons (Fsp3) is 0.172. The van der Waals surface area contributed by atoms with Crippen LogP contribution < -0.4 is 14.4 Å². The molecule has 0 aliphatic carbocycles. The normalized spacial score (nSPS) is 11.1. The Morgan fingerprint density at radius 3 is 2.22 bits per heavy atom. The van der Waals surface area contributed by atoms with Gasteiger partial charge in [0.1, 0.15) is 5.75 Å². The van der Waals surface area contributed by atoms with Crippen LogP contribution in [0.25, 0.3) is 0 Å². The summed E-state index contributed by atoms with van der Waals surface area (Å²) >= 11 is 0. The fourth-order valence-electron chi connectivity index (χ4n) is 3.88. The number of benzene rings is 3. The fourth-order valence-corrected chi connectivity index (χ4v) is 4.85. The van der Waals surface area contributed by atoms with Crippen molar-refractivity contribution in [2.45, 2.75) is 19.3 Å². The molecule has 0 fully saturated rings. The van der Waals surface area contributed by atoms with E-state index in [4.69, 9.17) is 4.74 Å². The lowest BCUT2D eigenvalue weighted by Crippen LogP contribution is -2.31. The smallest absolute Gasteiger partial charge is 0.232 e. The second-order valence-electron chi connectivity index (χ2n) is 8.60. The van der Waals surface area contributed by atoms with Gasteiger partial charge < -0.3 is 10.1 Å². The predicted molar refractivity (Wildman–Crippen MR) is 146 cm³/mol. The first-order valence-electron chi connectivity index (χ1n) is 12.0. The summed E-state index contributed by atoms with van der Waals surface area (Å²) in [6.45, 7) is 0.145. The highest BCUT2D eigenvalue weighted by Crippen LogP contribution is 2.33. The van der Waals surface area contributed by atoms with Gasteiger partial charge in [-0.05, 0) is 72.5 Å². The Labute approximate surface area is 217 Å². The summed E-state index contributed by atoms with van der Waals surface area (Å²) in [5, 5.41) is 2.89. The molecule has 0 saturated carbocycles. The molecule has 0 radical (unpaired) electrons. The van der Waals surface area contributed by atoms with Crippen LogP contribution in [-0.4, -0.2) is 32.1 Å². The third-order valence-electron chi connectivity index (χ3n) is 5.67. The zero-order chi connectivity index (χ0) is 26.1. The number of hydrogen-bond acceptors (Lipinski definition) is 5. The molecular weight excluding hydrogens is 486 g/mol. The number of rotatable bonds is 11. The first-order chi connectivity index (χ1) is 17.9. The van der Waals surface area contributed by atoms with E-state index in [0.717, 1.165) is 23.8 Å². The van der Waals surface area contributed by atoms with Crippen LogP contribution in [0.1, 0.15) is 24.0 Å². The van der Waals surface area contributed by atoms with Gasteiger partial charge in [-0.1, -0.05) is 42.5 Å². The third kappa shape index (κ3) is 7.65. The van der Waals surface area contributed by atoms with Gasteiger partial charge in [0.15, 0.2) is 5.75 Å². The molecule has 1 N–H and O–H groups in total. The van der Waals surface area contributed by atoms with Crippen LogP contribution in [0.2, 0.25) is 0 Å². The van der Waals surface area contributed by atoms with Gasteiger partial charge in [-0.3, -0.25) is 14.1 Å². The van der Waals surface area contributed by atoms with Crippen LogP contribution >= 0.6 is 0 Å². The lowest BCUT2D eigenvalue weighted by molar-refractivity contribution is -0.116. The molecule has 3 aromatic carbocycles. The second kappa shape index (κ2) is 12.2. The van der Waals surface area contributed by atoms with E-state index in [2.05, 4.69) is 10.3 Å². The number of para-hydroxylation sites is 3. The van der Waals surface area contributed by atoms with Crippen LogP contribution in [-0.2, 0) is 21.2 Å². The number of aromatic nitrogens is 1. The lowest BCUT2D eigenvalue weighted by Gasteiger charge is -2.24. The van der Waals surface area contributed by atoms with Crippen molar-refractivity contribution >= 4 is 27.3 Å². The van der Waals surface area contributed by atoms with Gasteiger partial charge in [0, 0.05) is 31.0 Å². The van der Waals surface area contributed by atoms with E-state index in [1.807, 2.05) is 54.6 Å². The summed E-state index contributed by atoms with van der Waals surface area (Å²) in [5.74, 6) is 0.856. The van der Waals surface area contributed by atoms with Gasteiger partial charge in [0.25, 0.3) is 0 Å². The van der Waals surface area contributed by atoms with Crippen molar-refractivity contribution < 1.29 is 17.9 Å². The molecule has 8 heteroatoms. The van der Waals surface area contributed by atoms with Crippen molar-refractivity contribution in [3.63, 3.8) is 0 Å². The molecule has 4 rings (SSSR count). The zero-order valence-electron chi connectivity index (χ0n) is 20.6. The maximum absolute atomic E-state index is 12.6. The predicted octanol–water partition coefficient (Wildman–Crippen LogP) is 5.65. The molecular formula is C29H29N3O4S. The number of amides is 1. The Morgan fingerprint density at radius 1 is 0.865 bits per heavy atom. The quantitative estimate of drug-likeness (QED) is 0.279. The molecule has 1 amide bonds. The molecule has 1 aromatic heterocycles. The Hall–Kier alpha value is -4.17. The minimum absolute atomic E-state index is 0.145. The number of hydrogen-bond donors (Lipinski definition) is 1. The summed E-state index contributed by atoms with van der Waals surface area (Å²) in [5.41, 5.74) is 3.42. The van der Waals surface area contributed by atoms with E-state index < -0.39 is 10.0 Å². The number of ether oxygens (including phenoxy) is 1. The van der Waals surface area contributed by atoms with Crippen LogP contribution in [0.3, 0.4) is 0 Å². The van der Waals surface area contributed by atoms with E-state index in [-0.39, 0.29) is 18.9 Å². The molecule has 7 nitrogen and oxygen atoms in total. The van der Waals surface area contributed by atoms with Crippen molar-refractivity contribution in [1.29, 1.82) is 0 Å².